The fraction of sp³-hybridized carbons (Fsp3) is 0.500. The smallest absolute Gasteiger partial charge is 0.316 e. The second-order valence-electron chi connectivity index (χ2n) is 3.15. The highest BCUT2D eigenvalue weighted by Gasteiger charge is 2.32. The van der Waals surface area contributed by atoms with Gasteiger partial charge < -0.3 is 9.15 Å². The van der Waals surface area contributed by atoms with E-state index >= 15 is 0 Å². The van der Waals surface area contributed by atoms with Gasteiger partial charge in [-0.25, -0.2) is 0 Å². The Morgan fingerprint density at radius 2 is 2.62 bits per heavy atom. The molecule has 0 amide bonds. The molecule has 1 aliphatic rings. The summed E-state index contributed by atoms with van der Waals surface area (Å²) >= 11 is 0. The Morgan fingerprint density at radius 1 is 1.77 bits per heavy atom. The van der Waals surface area contributed by atoms with Gasteiger partial charge in [-0.15, -0.1) is 0 Å². The first-order chi connectivity index (χ1) is 6.33. The molecule has 1 aromatic heterocycles. The summed E-state index contributed by atoms with van der Waals surface area (Å²) in [4.78, 5) is 11.4. The summed E-state index contributed by atoms with van der Waals surface area (Å²) in [7, 11) is 0. The second-order valence-corrected chi connectivity index (χ2v) is 3.15. The van der Waals surface area contributed by atoms with Crippen LogP contribution in [0.5, 0.6) is 0 Å². The molecule has 0 aromatic carbocycles. The minimum absolute atomic E-state index is 0.156. The van der Waals surface area contributed by atoms with E-state index in [0.29, 0.717) is 6.61 Å². The Kier molecular flexibility index (Phi) is 2.08. The van der Waals surface area contributed by atoms with Crippen LogP contribution in [0.4, 0.5) is 0 Å². The molecule has 0 saturated heterocycles. The molecule has 1 atom stereocenters. The fourth-order valence-electron chi connectivity index (χ4n) is 1.76. The topological polar surface area (TPSA) is 39.4 Å². The lowest BCUT2D eigenvalue weighted by Gasteiger charge is -2.06. The number of fused-ring (bicyclic) bond motifs is 1. The van der Waals surface area contributed by atoms with Crippen LogP contribution in [0.2, 0.25) is 0 Å². The molecule has 0 bridgehead atoms. The number of carbonyl (C=O) groups excluding carboxylic acids is 1. The molecule has 0 spiro atoms. The maximum atomic E-state index is 11.4. The predicted octanol–water partition coefficient (Wildman–Crippen LogP) is 1.87. The molecular weight excluding hydrogens is 168 g/mol. The van der Waals surface area contributed by atoms with Crippen LogP contribution in [0, 0.1) is 0 Å². The highest BCUT2D eigenvalue weighted by Crippen LogP contribution is 2.34. The number of hydrogen-bond acceptors (Lipinski definition) is 3. The summed E-state index contributed by atoms with van der Waals surface area (Å²) in [5.41, 5.74) is 1.15. The van der Waals surface area contributed by atoms with Crippen molar-refractivity contribution in [2.45, 2.75) is 25.7 Å². The quantitative estimate of drug-likeness (QED) is 0.652. The van der Waals surface area contributed by atoms with E-state index in [2.05, 4.69) is 0 Å². The zero-order valence-electron chi connectivity index (χ0n) is 7.58. The van der Waals surface area contributed by atoms with Crippen LogP contribution in [0.1, 0.15) is 30.6 Å². The van der Waals surface area contributed by atoms with E-state index in [1.165, 1.54) is 0 Å². The van der Waals surface area contributed by atoms with Crippen LogP contribution in [0.15, 0.2) is 16.7 Å². The van der Waals surface area contributed by atoms with Gasteiger partial charge in [0.05, 0.1) is 12.9 Å². The van der Waals surface area contributed by atoms with Gasteiger partial charge in [-0.3, -0.25) is 4.79 Å². The number of furan rings is 1. The minimum atomic E-state index is -0.162. The third-order valence-electron chi connectivity index (χ3n) is 2.37. The van der Waals surface area contributed by atoms with E-state index in [1.807, 2.05) is 13.0 Å². The van der Waals surface area contributed by atoms with Gasteiger partial charge in [-0.2, -0.15) is 0 Å². The first kappa shape index (κ1) is 8.35. The lowest BCUT2D eigenvalue weighted by molar-refractivity contribution is -0.145. The maximum Gasteiger partial charge on any atom is 0.316 e. The molecule has 1 heterocycles. The highest BCUT2D eigenvalue weighted by atomic mass is 16.5. The molecule has 13 heavy (non-hydrogen) atoms. The second kappa shape index (κ2) is 3.24. The van der Waals surface area contributed by atoms with E-state index in [1.54, 1.807) is 6.26 Å². The average molecular weight is 180 g/mol. The zero-order chi connectivity index (χ0) is 9.26. The summed E-state index contributed by atoms with van der Waals surface area (Å²) in [6, 6.07) is 1.93. The molecule has 1 aliphatic carbocycles. The van der Waals surface area contributed by atoms with Gasteiger partial charge in [0.2, 0.25) is 0 Å². The van der Waals surface area contributed by atoms with Crippen molar-refractivity contribution in [2.24, 2.45) is 0 Å². The van der Waals surface area contributed by atoms with Crippen molar-refractivity contribution in [2.75, 3.05) is 6.61 Å². The number of carbonyl (C=O) groups is 1. The van der Waals surface area contributed by atoms with Crippen LogP contribution in [-0.2, 0) is 16.0 Å². The SMILES string of the molecule is CCOC(=O)C1CCc2ccoc21. The summed E-state index contributed by atoms with van der Waals surface area (Å²) in [6.07, 6.45) is 3.39. The Hall–Kier alpha value is -1.25. The van der Waals surface area contributed by atoms with Gasteiger partial charge in [-0.05, 0) is 31.4 Å². The van der Waals surface area contributed by atoms with Gasteiger partial charge in [-0.1, -0.05) is 0 Å². The largest absolute Gasteiger partial charge is 0.468 e. The molecule has 1 aromatic rings. The molecule has 2 rings (SSSR count). The number of ether oxygens (including phenoxy) is 1. The molecule has 3 heteroatoms. The van der Waals surface area contributed by atoms with Gasteiger partial charge in [0.1, 0.15) is 11.7 Å². The molecule has 3 nitrogen and oxygen atoms in total. The first-order valence-corrected chi connectivity index (χ1v) is 4.56. The number of rotatable bonds is 2. The number of esters is 1. The van der Waals surface area contributed by atoms with Crippen molar-refractivity contribution < 1.29 is 13.9 Å². The highest BCUT2D eigenvalue weighted by molar-refractivity contribution is 5.78. The van der Waals surface area contributed by atoms with Crippen LogP contribution >= 0.6 is 0 Å². The van der Waals surface area contributed by atoms with E-state index in [9.17, 15) is 4.79 Å². The van der Waals surface area contributed by atoms with Crippen LogP contribution in [-0.4, -0.2) is 12.6 Å². The standard InChI is InChI=1S/C10H12O3/c1-2-12-10(11)8-4-3-7-5-6-13-9(7)8/h5-6,8H,2-4H2,1H3. The Labute approximate surface area is 76.7 Å². The lowest BCUT2D eigenvalue weighted by atomic mass is 10.1. The summed E-state index contributed by atoms with van der Waals surface area (Å²) in [5, 5.41) is 0. The van der Waals surface area contributed by atoms with Gasteiger partial charge in [0.25, 0.3) is 0 Å². The van der Waals surface area contributed by atoms with Gasteiger partial charge >= 0.3 is 5.97 Å². The van der Waals surface area contributed by atoms with E-state index in [4.69, 9.17) is 9.15 Å². The van der Waals surface area contributed by atoms with Crippen molar-refractivity contribution in [1.82, 2.24) is 0 Å². The van der Waals surface area contributed by atoms with Crippen molar-refractivity contribution in [3.05, 3.63) is 23.7 Å². The number of hydrogen-bond donors (Lipinski definition) is 0. The Morgan fingerprint density at radius 3 is 3.38 bits per heavy atom. The molecule has 1 unspecified atom stereocenters. The van der Waals surface area contributed by atoms with Crippen molar-refractivity contribution in [3.63, 3.8) is 0 Å². The predicted molar refractivity (Wildman–Crippen MR) is 46.4 cm³/mol. The molecule has 70 valence electrons. The van der Waals surface area contributed by atoms with E-state index in [0.717, 1.165) is 24.2 Å². The van der Waals surface area contributed by atoms with E-state index in [-0.39, 0.29) is 11.9 Å². The van der Waals surface area contributed by atoms with Crippen molar-refractivity contribution in [1.29, 1.82) is 0 Å². The fourth-order valence-corrected chi connectivity index (χ4v) is 1.76. The molecule has 0 fully saturated rings. The molecule has 0 saturated carbocycles. The van der Waals surface area contributed by atoms with Crippen molar-refractivity contribution in [3.8, 4) is 0 Å². The Balaban J connectivity index is 2.16. The van der Waals surface area contributed by atoms with Gasteiger partial charge in [0, 0.05) is 0 Å². The van der Waals surface area contributed by atoms with Crippen LogP contribution < -0.4 is 0 Å². The normalized spacial score (nSPS) is 19.9. The third kappa shape index (κ3) is 1.34. The molecule has 0 radical (unpaired) electrons. The van der Waals surface area contributed by atoms with Crippen LogP contribution in [0.3, 0.4) is 0 Å². The minimum Gasteiger partial charge on any atom is -0.468 e. The van der Waals surface area contributed by atoms with Gasteiger partial charge in [0.15, 0.2) is 0 Å². The number of aryl methyl sites for hydroxylation is 1. The first-order valence-electron chi connectivity index (χ1n) is 4.56. The zero-order valence-corrected chi connectivity index (χ0v) is 7.58. The van der Waals surface area contributed by atoms with Crippen LogP contribution in [0.25, 0.3) is 0 Å². The summed E-state index contributed by atoms with van der Waals surface area (Å²) < 4.78 is 10.2. The third-order valence-corrected chi connectivity index (χ3v) is 2.37. The Bertz CT molecular complexity index is 314. The summed E-state index contributed by atoms with van der Waals surface area (Å²) in [5.74, 6) is 0.486. The maximum absolute atomic E-state index is 11.4. The molecular formula is C10H12O3. The average Bonchev–Trinajstić information content (AvgIpc) is 2.62. The van der Waals surface area contributed by atoms with Crippen molar-refractivity contribution >= 4 is 5.97 Å². The monoisotopic (exact) mass is 180 g/mol. The molecule has 0 N–H and O–H groups in total. The summed E-state index contributed by atoms with van der Waals surface area (Å²) in [6.45, 7) is 2.25. The molecule has 0 aliphatic heterocycles. The lowest BCUT2D eigenvalue weighted by Crippen LogP contribution is -2.12. The van der Waals surface area contributed by atoms with E-state index < -0.39 is 0 Å².